The lowest BCUT2D eigenvalue weighted by Crippen LogP contribution is -2.40. The van der Waals surface area contributed by atoms with Crippen molar-refractivity contribution >= 4 is 40.3 Å². The van der Waals surface area contributed by atoms with Crippen molar-refractivity contribution in [2.45, 2.75) is 24.0 Å². The molecule has 0 bridgehead atoms. The van der Waals surface area contributed by atoms with E-state index in [9.17, 15) is 14.4 Å². The van der Waals surface area contributed by atoms with Crippen LogP contribution in [0.3, 0.4) is 0 Å². The van der Waals surface area contributed by atoms with Crippen LogP contribution in [0.1, 0.15) is 29.2 Å². The zero-order valence-electron chi connectivity index (χ0n) is 19.2. The number of aryl methyl sites for hydroxylation is 1. The molecule has 2 aromatic heterocycles. The number of H-pyrrole nitrogens is 1. The average molecular weight is 492 g/mol. The van der Waals surface area contributed by atoms with Crippen LogP contribution in [0.15, 0.2) is 64.8 Å². The standard InChI is InChI=1S/C24H25N7O3S/c1-29-15-25-28-24(29)35-14-21(32)26-17-8-6-16(7-9-17)22(33)30-12-10-18(11-13-30)31-20-5-3-2-4-19(20)27-23(31)34/h2-9,15,18H,10-14H2,1H3,(H,26,32)(H,27,34). The molecule has 2 amide bonds. The summed E-state index contributed by atoms with van der Waals surface area (Å²) in [5.74, 6) is -0.00101. The Balaban J connectivity index is 1.16. The number of carbonyl (C=O) groups is 2. The molecule has 5 rings (SSSR count). The fraction of sp³-hybridized carbons (Fsp3) is 0.292. The van der Waals surface area contributed by atoms with Gasteiger partial charge in [0.2, 0.25) is 5.91 Å². The Labute approximate surface area is 205 Å². The van der Waals surface area contributed by atoms with Gasteiger partial charge in [0.1, 0.15) is 6.33 Å². The molecular formula is C24H25N7O3S. The summed E-state index contributed by atoms with van der Waals surface area (Å²) in [4.78, 5) is 42.5. The maximum absolute atomic E-state index is 13.0. The number of hydrogen-bond acceptors (Lipinski definition) is 6. The maximum atomic E-state index is 13.0. The fourth-order valence-corrected chi connectivity index (χ4v) is 5.06. The lowest BCUT2D eigenvalue weighted by molar-refractivity contribution is -0.113. The van der Waals surface area contributed by atoms with Gasteiger partial charge in [-0.2, -0.15) is 0 Å². The molecule has 1 aliphatic rings. The van der Waals surface area contributed by atoms with Crippen LogP contribution in [0.25, 0.3) is 11.0 Å². The first-order valence-corrected chi connectivity index (χ1v) is 12.3. The molecule has 1 fully saturated rings. The van der Waals surface area contributed by atoms with Gasteiger partial charge in [-0.3, -0.25) is 14.2 Å². The van der Waals surface area contributed by atoms with Crippen molar-refractivity contribution in [3.8, 4) is 0 Å². The number of thioether (sulfide) groups is 1. The summed E-state index contributed by atoms with van der Waals surface area (Å²) in [6.45, 7) is 1.15. The van der Waals surface area contributed by atoms with Crippen molar-refractivity contribution in [2.24, 2.45) is 7.05 Å². The Kier molecular flexibility index (Phi) is 6.41. The van der Waals surface area contributed by atoms with Crippen molar-refractivity contribution in [2.75, 3.05) is 24.2 Å². The molecule has 180 valence electrons. The number of nitrogens with one attached hydrogen (secondary N) is 2. The van der Waals surface area contributed by atoms with E-state index in [-0.39, 0.29) is 29.3 Å². The summed E-state index contributed by atoms with van der Waals surface area (Å²) in [5.41, 5.74) is 2.82. The second-order valence-electron chi connectivity index (χ2n) is 8.48. The summed E-state index contributed by atoms with van der Waals surface area (Å²) in [5, 5.41) is 11.2. The number of carbonyl (C=O) groups excluding carboxylic acids is 2. The molecule has 0 spiro atoms. The third kappa shape index (κ3) is 4.85. The Morgan fingerprint density at radius 3 is 2.57 bits per heavy atom. The number of benzene rings is 2. The Bertz CT molecular complexity index is 1410. The average Bonchev–Trinajstić information content (AvgIpc) is 3.44. The molecule has 0 saturated carbocycles. The molecule has 35 heavy (non-hydrogen) atoms. The van der Waals surface area contributed by atoms with Crippen molar-refractivity contribution in [3.63, 3.8) is 0 Å². The van der Waals surface area contributed by atoms with Gasteiger partial charge in [-0.1, -0.05) is 23.9 Å². The number of rotatable bonds is 6. The minimum Gasteiger partial charge on any atom is -0.338 e. The van der Waals surface area contributed by atoms with Crippen LogP contribution in [0, 0.1) is 0 Å². The van der Waals surface area contributed by atoms with E-state index in [0.717, 1.165) is 11.0 Å². The molecule has 3 heterocycles. The van der Waals surface area contributed by atoms with Gasteiger partial charge in [-0.15, -0.1) is 10.2 Å². The molecule has 0 atom stereocenters. The number of amides is 2. The number of fused-ring (bicyclic) bond motifs is 1. The van der Waals surface area contributed by atoms with Gasteiger partial charge < -0.3 is 19.8 Å². The second-order valence-corrected chi connectivity index (χ2v) is 9.42. The molecule has 1 saturated heterocycles. The maximum Gasteiger partial charge on any atom is 0.326 e. The number of imidazole rings is 1. The number of anilines is 1. The fourth-order valence-electron chi connectivity index (χ4n) is 4.37. The topological polar surface area (TPSA) is 118 Å². The van der Waals surface area contributed by atoms with E-state index < -0.39 is 0 Å². The van der Waals surface area contributed by atoms with Crippen LogP contribution in [0.4, 0.5) is 5.69 Å². The number of nitrogens with zero attached hydrogens (tertiary/aromatic N) is 5. The number of likely N-dealkylation sites (tertiary alicyclic amines) is 1. The highest BCUT2D eigenvalue weighted by Crippen LogP contribution is 2.26. The summed E-state index contributed by atoms with van der Waals surface area (Å²) >= 11 is 1.30. The van der Waals surface area contributed by atoms with E-state index >= 15 is 0 Å². The van der Waals surface area contributed by atoms with Crippen molar-refractivity contribution < 1.29 is 9.59 Å². The predicted molar refractivity (Wildman–Crippen MR) is 134 cm³/mol. The third-order valence-corrected chi connectivity index (χ3v) is 7.19. The largest absolute Gasteiger partial charge is 0.338 e. The van der Waals surface area contributed by atoms with Crippen LogP contribution in [0.5, 0.6) is 0 Å². The highest BCUT2D eigenvalue weighted by molar-refractivity contribution is 7.99. The number of para-hydroxylation sites is 2. The van der Waals surface area contributed by atoms with Crippen molar-refractivity contribution in [3.05, 3.63) is 70.9 Å². The first-order valence-electron chi connectivity index (χ1n) is 11.3. The van der Waals surface area contributed by atoms with Crippen molar-refractivity contribution in [1.29, 1.82) is 0 Å². The predicted octanol–water partition coefficient (Wildman–Crippen LogP) is 2.67. The second kappa shape index (κ2) is 9.79. The molecule has 2 N–H and O–H groups in total. The summed E-state index contributed by atoms with van der Waals surface area (Å²) in [7, 11) is 1.82. The minimum absolute atomic E-state index is 0.0505. The first kappa shape index (κ1) is 22.9. The zero-order valence-corrected chi connectivity index (χ0v) is 20.0. The number of piperidine rings is 1. The van der Waals surface area contributed by atoms with Crippen molar-refractivity contribution in [1.82, 2.24) is 29.2 Å². The lowest BCUT2D eigenvalue weighted by atomic mass is 10.0. The number of aromatic nitrogens is 5. The van der Waals surface area contributed by atoms with Crippen LogP contribution >= 0.6 is 11.8 Å². The van der Waals surface area contributed by atoms with Crippen LogP contribution in [-0.4, -0.2) is 59.9 Å². The quantitative estimate of drug-likeness (QED) is 0.401. The van der Waals surface area contributed by atoms with E-state index in [4.69, 9.17) is 0 Å². The zero-order chi connectivity index (χ0) is 24.4. The molecule has 10 nitrogen and oxygen atoms in total. The third-order valence-electron chi connectivity index (χ3n) is 6.16. The summed E-state index contributed by atoms with van der Waals surface area (Å²) < 4.78 is 3.57. The highest BCUT2D eigenvalue weighted by Gasteiger charge is 2.26. The highest BCUT2D eigenvalue weighted by atomic mass is 32.2. The van der Waals surface area contributed by atoms with E-state index in [2.05, 4.69) is 20.5 Å². The minimum atomic E-state index is -0.160. The Hall–Kier alpha value is -3.86. The molecule has 2 aromatic carbocycles. The monoisotopic (exact) mass is 491 g/mol. The van der Waals surface area contributed by atoms with E-state index in [1.165, 1.54) is 11.8 Å². The summed E-state index contributed by atoms with van der Waals surface area (Å²) in [6, 6.07) is 14.6. The molecule has 4 aromatic rings. The number of hydrogen-bond donors (Lipinski definition) is 2. The van der Waals surface area contributed by atoms with Gasteiger partial charge in [-0.25, -0.2) is 4.79 Å². The van der Waals surface area contributed by atoms with Gasteiger partial charge in [0.15, 0.2) is 5.16 Å². The normalized spacial score (nSPS) is 14.4. The van der Waals surface area contributed by atoms with Gasteiger partial charge in [0.05, 0.1) is 16.8 Å². The van der Waals surface area contributed by atoms with E-state index in [0.29, 0.717) is 42.3 Å². The molecule has 11 heteroatoms. The lowest BCUT2D eigenvalue weighted by Gasteiger charge is -2.32. The van der Waals surface area contributed by atoms with Gasteiger partial charge in [-0.05, 0) is 49.2 Å². The SMILES string of the molecule is Cn1cnnc1SCC(=O)Nc1ccc(C(=O)N2CCC(n3c(=O)[nH]c4ccccc43)CC2)cc1. The molecule has 0 radical (unpaired) electrons. The van der Waals surface area contributed by atoms with Gasteiger partial charge in [0, 0.05) is 37.4 Å². The van der Waals surface area contributed by atoms with Crippen LogP contribution in [-0.2, 0) is 11.8 Å². The molecular weight excluding hydrogens is 466 g/mol. The molecule has 0 unspecified atom stereocenters. The van der Waals surface area contributed by atoms with Gasteiger partial charge in [0.25, 0.3) is 5.91 Å². The molecule has 1 aliphatic heterocycles. The first-order chi connectivity index (χ1) is 17.0. The van der Waals surface area contributed by atoms with Crippen LogP contribution in [0.2, 0.25) is 0 Å². The Morgan fingerprint density at radius 1 is 1.11 bits per heavy atom. The number of aromatic amines is 1. The van der Waals surface area contributed by atoms with Gasteiger partial charge >= 0.3 is 5.69 Å². The molecule has 0 aliphatic carbocycles. The van der Waals surface area contributed by atoms with E-state index in [1.54, 1.807) is 35.2 Å². The van der Waals surface area contributed by atoms with Crippen LogP contribution < -0.4 is 11.0 Å². The van der Waals surface area contributed by atoms with E-state index in [1.807, 2.05) is 40.8 Å². The Morgan fingerprint density at radius 2 is 1.86 bits per heavy atom. The summed E-state index contributed by atoms with van der Waals surface area (Å²) in [6.07, 6.45) is 3.01. The smallest absolute Gasteiger partial charge is 0.326 e.